The maximum atomic E-state index is 9.70. The molecule has 1 aliphatic rings. The largest absolute Gasteiger partial charge is 0.394 e. The fraction of sp³-hybridized carbons (Fsp3) is 0.667. The highest BCUT2D eigenvalue weighted by Crippen LogP contribution is 2.32. The molecule has 0 fully saturated rings. The van der Waals surface area contributed by atoms with E-state index in [0.717, 1.165) is 6.42 Å². The van der Waals surface area contributed by atoms with E-state index in [1.165, 1.54) is 35.3 Å². The minimum absolute atomic E-state index is 0.181. The summed E-state index contributed by atoms with van der Waals surface area (Å²) in [6, 6.07) is 7.32. The zero-order valence-electron chi connectivity index (χ0n) is 13.8. The van der Waals surface area contributed by atoms with Crippen molar-refractivity contribution in [2.75, 3.05) is 6.61 Å². The van der Waals surface area contributed by atoms with Gasteiger partial charge >= 0.3 is 0 Å². The molecule has 3 heteroatoms. The number of rotatable bonds is 7. The summed E-state index contributed by atoms with van der Waals surface area (Å²) in [6.45, 7) is 8.82. The number of benzene rings is 1. The van der Waals surface area contributed by atoms with Crippen molar-refractivity contribution < 1.29 is 5.11 Å². The molecule has 0 heterocycles. The number of aryl methyl sites for hydroxylation is 2. The lowest BCUT2D eigenvalue weighted by molar-refractivity contribution is 0.157. The summed E-state index contributed by atoms with van der Waals surface area (Å²) in [6.07, 6.45) is 4.75. The molecule has 118 valence electrons. The van der Waals surface area contributed by atoms with E-state index in [0.29, 0.717) is 11.3 Å². The normalized spacial score (nSPS) is 18.6. The molecule has 2 nitrogen and oxygen atoms in total. The summed E-state index contributed by atoms with van der Waals surface area (Å²) in [5, 5.41) is 13.7. The third kappa shape index (κ3) is 4.73. The van der Waals surface area contributed by atoms with Crippen molar-refractivity contribution >= 4 is 11.8 Å². The Bertz CT molecular complexity index is 474. The number of aliphatic hydroxyl groups is 1. The molecular formula is C18H29NOS. The standard InChI is InChI=1S/C18H29NOS/c1-13(2)19-18(4,12-20)11-14(3)21-17-9-8-15-6-5-7-16(15)10-17/h8-10,13-14,19-20H,5-7,11-12H2,1-4H3. The second-order valence-electron chi connectivity index (χ2n) is 6.93. The zero-order valence-corrected chi connectivity index (χ0v) is 14.6. The molecule has 0 spiro atoms. The molecule has 0 aromatic heterocycles. The highest BCUT2D eigenvalue weighted by Gasteiger charge is 2.26. The molecule has 1 aromatic rings. The molecule has 2 rings (SSSR count). The van der Waals surface area contributed by atoms with Crippen molar-refractivity contribution in [2.24, 2.45) is 0 Å². The van der Waals surface area contributed by atoms with Gasteiger partial charge in [0.25, 0.3) is 0 Å². The van der Waals surface area contributed by atoms with Gasteiger partial charge in [-0.3, -0.25) is 0 Å². The summed E-state index contributed by atoms with van der Waals surface area (Å²) in [4.78, 5) is 1.37. The average molecular weight is 308 g/mol. The molecule has 2 N–H and O–H groups in total. The lowest BCUT2D eigenvalue weighted by atomic mass is 9.96. The minimum Gasteiger partial charge on any atom is -0.394 e. The van der Waals surface area contributed by atoms with Gasteiger partial charge in [-0.15, -0.1) is 11.8 Å². The van der Waals surface area contributed by atoms with Crippen molar-refractivity contribution in [1.82, 2.24) is 5.32 Å². The van der Waals surface area contributed by atoms with Crippen molar-refractivity contribution in [1.29, 1.82) is 0 Å². The quantitative estimate of drug-likeness (QED) is 0.752. The first-order chi connectivity index (χ1) is 9.92. The van der Waals surface area contributed by atoms with Gasteiger partial charge in [-0.2, -0.15) is 0 Å². The third-order valence-corrected chi connectivity index (χ3v) is 5.23. The Hall–Kier alpha value is -0.510. The molecule has 0 saturated carbocycles. The van der Waals surface area contributed by atoms with Crippen LogP contribution in [0.5, 0.6) is 0 Å². The van der Waals surface area contributed by atoms with Crippen molar-refractivity contribution in [3.8, 4) is 0 Å². The van der Waals surface area contributed by atoms with Gasteiger partial charge in [0.2, 0.25) is 0 Å². The van der Waals surface area contributed by atoms with Crippen LogP contribution in [0.15, 0.2) is 23.1 Å². The van der Waals surface area contributed by atoms with Gasteiger partial charge in [0.05, 0.1) is 6.61 Å². The van der Waals surface area contributed by atoms with E-state index in [1.54, 1.807) is 0 Å². The van der Waals surface area contributed by atoms with Crippen LogP contribution in [0.2, 0.25) is 0 Å². The van der Waals surface area contributed by atoms with Gasteiger partial charge in [0.1, 0.15) is 0 Å². The minimum atomic E-state index is -0.197. The van der Waals surface area contributed by atoms with E-state index < -0.39 is 0 Å². The number of nitrogens with one attached hydrogen (secondary N) is 1. The summed E-state index contributed by atoms with van der Waals surface area (Å²) in [5.41, 5.74) is 2.88. The lowest BCUT2D eigenvalue weighted by Gasteiger charge is -2.33. The Balaban J connectivity index is 1.96. The van der Waals surface area contributed by atoms with E-state index in [2.05, 4.69) is 51.2 Å². The zero-order chi connectivity index (χ0) is 15.5. The second-order valence-corrected chi connectivity index (χ2v) is 8.45. The van der Waals surface area contributed by atoms with Crippen molar-refractivity contribution in [2.45, 2.75) is 75.1 Å². The van der Waals surface area contributed by atoms with Gasteiger partial charge in [0.15, 0.2) is 0 Å². The fourth-order valence-corrected chi connectivity index (χ4v) is 4.67. The molecule has 1 aliphatic carbocycles. The molecule has 0 bridgehead atoms. The smallest absolute Gasteiger partial charge is 0.0611 e. The number of fused-ring (bicyclic) bond motifs is 1. The van der Waals surface area contributed by atoms with E-state index in [1.807, 2.05) is 11.8 Å². The van der Waals surface area contributed by atoms with Crippen LogP contribution in [0, 0.1) is 0 Å². The van der Waals surface area contributed by atoms with Crippen LogP contribution < -0.4 is 5.32 Å². The Labute approximate surface area is 133 Å². The van der Waals surface area contributed by atoms with Crippen LogP contribution >= 0.6 is 11.8 Å². The van der Waals surface area contributed by atoms with Crippen LogP contribution in [0.3, 0.4) is 0 Å². The number of hydrogen-bond donors (Lipinski definition) is 2. The second kappa shape index (κ2) is 7.17. The summed E-state index contributed by atoms with van der Waals surface area (Å²) < 4.78 is 0. The SMILES string of the molecule is CC(C)NC(C)(CO)CC(C)Sc1ccc2c(c1)CCC2. The highest BCUT2D eigenvalue weighted by atomic mass is 32.2. The van der Waals surface area contributed by atoms with E-state index in [9.17, 15) is 5.11 Å². The first-order valence-electron chi connectivity index (χ1n) is 8.09. The molecule has 0 saturated heterocycles. The molecule has 1 aromatic carbocycles. The van der Waals surface area contributed by atoms with Crippen LogP contribution in [-0.2, 0) is 12.8 Å². The summed E-state index contributed by atoms with van der Waals surface area (Å²) in [5.74, 6) is 0. The Kier molecular flexibility index (Phi) is 5.75. The molecule has 2 atom stereocenters. The van der Waals surface area contributed by atoms with Crippen LogP contribution in [0.1, 0.15) is 51.7 Å². The summed E-state index contributed by atoms with van der Waals surface area (Å²) >= 11 is 1.93. The highest BCUT2D eigenvalue weighted by molar-refractivity contribution is 7.99. The van der Waals surface area contributed by atoms with Gasteiger partial charge in [-0.25, -0.2) is 0 Å². The molecular weight excluding hydrogens is 278 g/mol. The van der Waals surface area contributed by atoms with Crippen LogP contribution in [-0.4, -0.2) is 28.5 Å². The maximum absolute atomic E-state index is 9.70. The van der Waals surface area contributed by atoms with E-state index >= 15 is 0 Å². The number of aliphatic hydroxyl groups excluding tert-OH is 1. The van der Waals surface area contributed by atoms with Gasteiger partial charge in [0, 0.05) is 21.7 Å². The summed E-state index contributed by atoms with van der Waals surface area (Å²) in [7, 11) is 0. The Morgan fingerprint density at radius 3 is 2.62 bits per heavy atom. The number of thioether (sulfide) groups is 1. The lowest BCUT2D eigenvalue weighted by Crippen LogP contribution is -2.50. The van der Waals surface area contributed by atoms with Gasteiger partial charge in [-0.1, -0.05) is 26.8 Å². The van der Waals surface area contributed by atoms with Gasteiger partial charge < -0.3 is 10.4 Å². The average Bonchev–Trinajstić information content (AvgIpc) is 2.84. The monoisotopic (exact) mass is 307 g/mol. The fourth-order valence-electron chi connectivity index (χ4n) is 3.40. The van der Waals surface area contributed by atoms with E-state index in [4.69, 9.17) is 0 Å². The topological polar surface area (TPSA) is 32.3 Å². The predicted octanol–water partition coefficient (Wildman–Crippen LogP) is 3.80. The van der Waals surface area contributed by atoms with Crippen molar-refractivity contribution in [3.05, 3.63) is 29.3 Å². The number of hydrogen-bond acceptors (Lipinski definition) is 3. The Morgan fingerprint density at radius 2 is 1.95 bits per heavy atom. The van der Waals surface area contributed by atoms with Crippen LogP contribution in [0.25, 0.3) is 0 Å². The predicted molar refractivity (Wildman–Crippen MR) is 92.2 cm³/mol. The first kappa shape index (κ1) is 16.9. The molecule has 2 unspecified atom stereocenters. The first-order valence-corrected chi connectivity index (χ1v) is 8.97. The van der Waals surface area contributed by atoms with Crippen molar-refractivity contribution in [3.63, 3.8) is 0 Å². The molecule has 0 aliphatic heterocycles. The maximum Gasteiger partial charge on any atom is 0.0611 e. The Morgan fingerprint density at radius 1 is 1.24 bits per heavy atom. The third-order valence-electron chi connectivity index (χ3n) is 4.13. The molecule has 0 amide bonds. The molecule has 21 heavy (non-hydrogen) atoms. The van der Waals surface area contributed by atoms with E-state index in [-0.39, 0.29) is 12.1 Å². The molecule has 0 radical (unpaired) electrons. The van der Waals surface area contributed by atoms with Gasteiger partial charge in [-0.05, 0) is 55.9 Å². The van der Waals surface area contributed by atoms with Crippen LogP contribution in [0.4, 0.5) is 0 Å².